The van der Waals surface area contributed by atoms with Gasteiger partial charge in [0.05, 0.1) is 0 Å². The lowest BCUT2D eigenvalue weighted by Crippen LogP contribution is -2.14. The molecular weight excluding hydrogens is 264 g/mol. The van der Waals surface area contributed by atoms with Crippen LogP contribution < -0.4 is 0 Å². The third-order valence-corrected chi connectivity index (χ3v) is 2.64. The fraction of sp³-hybridized carbons (Fsp3) is 0.222. The van der Waals surface area contributed by atoms with Gasteiger partial charge in [0.25, 0.3) is 0 Å². The first-order valence-electron chi connectivity index (χ1n) is 6.86. The van der Waals surface area contributed by atoms with Crippen molar-refractivity contribution >= 4 is 11.6 Å². The Morgan fingerprint density at radius 1 is 0.810 bits per heavy atom. The molecule has 0 bridgehead atoms. The van der Waals surface area contributed by atoms with Crippen molar-refractivity contribution in [3.05, 3.63) is 71.8 Å². The van der Waals surface area contributed by atoms with E-state index in [4.69, 9.17) is 5.11 Å². The second-order valence-electron chi connectivity index (χ2n) is 4.97. The van der Waals surface area contributed by atoms with Gasteiger partial charge in [0, 0.05) is 17.7 Å². The molecular formula is C18H20O3. The maximum Gasteiger partial charge on any atom is 0.233 e. The van der Waals surface area contributed by atoms with Gasteiger partial charge < -0.3 is 5.11 Å². The summed E-state index contributed by atoms with van der Waals surface area (Å²) in [6.07, 6.45) is 0. The van der Waals surface area contributed by atoms with Gasteiger partial charge in [0.2, 0.25) is 11.6 Å². The van der Waals surface area contributed by atoms with Gasteiger partial charge in [0.15, 0.2) is 0 Å². The highest BCUT2D eigenvalue weighted by Crippen LogP contribution is 2.07. The van der Waals surface area contributed by atoms with E-state index in [1.807, 2.05) is 26.0 Å². The minimum atomic E-state index is -0.466. The topological polar surface area (TPSA) is 54.4 Å². The first kappa shape index (κ1) is 16.8. The van der Waals surface area contributed by atoms with Crippen molar-refractivity contribution in [1.29, 1.82) is 0 Å². The van der Waals surface area contributed by atoms with E-state index in [0.717, 1.165) is 0 Å². The van der Waals surface area contributed by atoms with Crippen molar-refractivity contribution in [2.24, 2.45) is 5.92 Å². The van der Waals surface area contributed by atoms with Crippen LogP contribution in [0.15, 0.2) is 60.7 Å². The quantitative estimate of drug-likeness (QED) is 0.691. The Morgan fingerprint density at radius 3 is 1.33 bits per heavy atom. The van der Waals surface area contributed by atoms with Crippen molar-refractivity contribution in [2.75, 3.05) is 6.61 Å². The van der Waals surface area contributed by atoms with Crippen LogP contribution in [0.4, 0.5) is 0 Å². The summed E-state index contributed by atoms with van der Waals surface area (Å²) in [4.78, 5) is 23.6. The summed E-state index contributed by atoms with van der Waals surface area (Å²) >= 11 is 0. The molecule has 0 aliphatic rings. The number of benzene rings is 2. The molecule has 110 valence electrons. The van der Waals surface area contributed by atoms with Gasteiger partial charge >= 0.3 is 0 Å². The van der Waals surface area contributed by atoms with E-state index in [1.54, 1.807) is 48.5 Å². The SMILES string of the molecule is CC(C)CO.O=C(C(=O)c1ccccc1)c1ccccc1. The van der Waals surface area contributed by atoms with Crippen LogP contribution >= 0.6 is 0 Å². The first-order chi connectivity index (χ1) is 10.1. The van der Waals surface area contributed by atoms with Crippen molar-refractivity contribution in [3.63, 3.8) is 0 Å². The molecule has 0 saturated carbocycles. The van der Waals surface area contributed by atoms with E-state index in [-0.39, 0.29) is 0 Å². The van der Waals surface area contributed by atoms with E-state index < -0.39 is 11.6 Å². The summed E-state index contributed by atoms with van der Waals surface area (Å²) in [5.41, 5.74) is 0.854. The highest BCUT2D eigenvalue weighted by Gasteiger charge is 2.16. The number of aliphatic hydroxyl groups is 1. The van der Waals surface area contributed by atoms with Crippen LogP contribution in [-0.4, -0.2) is 23.3 Å². The fourth-order valence-corrected chi connectivity index (χ4v) is 1.44. The number of ketones is 2. The predicted molar refractivity (Wildman–Crippen MR) is 83.5 cm³/mol. The molecule has 3 heteroatoms. The molecule has 2 aromatic carbocycles. The van der Waals surface area contributed by atoms with Gasteiger partial charge in [0.1, 0.15) is 0 Å². The highest BCUT2D eigenvalue weighted by atomic mass is 16.3. The van der Waals surface area contributed by atoms with E-state index >= 15 is 0 Å². The lowest BCUT2D eigenvalue weighted by atomic mass is 10.0. The molecule has 0 radical (unpaired) electrons. The van der Waals surface area contributed by atoms with Crippen LogP contribution in [0.1, 0.15) is 34.6 Å². The van der Waals surface area contributed by atoms with Crippen LogP contribution in [0.3, 0.4) is 0 Å². The Balaban J connectivity index is 0.000000383. The third-order valence-electron chi connectivity index (χ3n) is 2.64. The van der Waals surface area contributed by atoms with E-state index in [1.165, 1.54) is 0 Å². The van der Waals surface area contributed by atoms with Gasteiger partial charge in [-0.25, -0.2) is 0 Å². The van der Waals surface area contributed by atoms with E-state index in [9.17, 15) is 9.59 Å². The van der Waals surface area contributed by atoms with Gasteiger partial charge in [-0.15, -0.1) is 0 Å². The van der Waals surface area contributed by atoms with Gasteiger partial charge in [-0.05, 0) is 5.92 Å². The zero-order valence-corrected chi connectivity index (χ0v) is 12.3. The molecule has 0 atom stereocenters. The van der Waals surface area contributed by atoms with Crippen molar-refractivity contribution < 1.29 is 14.7 Å². The Hall–Kier alpha value is -2.26. The number of carbonyl (C=O) groups is 2. The molecule has 0 fully saturated rings. The van der Waals surface area contributed by atoms with Crippen LogP contribution in [0.2, 0.25) is 0 Å². The Labute approximate surface area is 125 Å². The number of hydrogen-bond acceptors (Lipinski definition) is 3. The average Bonchev–Trinajstić information content (AvgIpc) is 2.55. The standard InChI is InChI=1S/C14H10O2.C4H10O/c15-13(11-7-3-1-4-8-11)14(16)12-9-5-2-6-10-12;1-4(2)3-5/h1-10H;4-5H,3H2,1-2H3. The fourth-order valence-electron chi connectivity index (χ4n) is 1.44. The lowest BCUT2D eigenvalue weighted by molar-refractivity contribution is 0.0817. The number of hydrogen-bond donors (Lipinski definition) is 1. The second kappa shape index (κ2) is 8.82. The molecule has 3 nitrogen and oxygen atoms in total. The average molecular weight is 284 g/mol. The largest absolute Gasteiger partial charge is 0.396 e. The molecule has 0 aliphatic heterocycles. The molecule has 2 aromatic rings. The van der Waals surface area contributed by atoms with E-state index in [2.05, 4.69) is 0 Å². The minimum Gasteiger partial charge on any atom is -0.396 e. The number of aliphatic hydroxyl groups excluding tert-OH is 1. The van der Waals surface area contributed by atoms with Crippen LogP contribution in [-0.2, 0) is 0 Å². The molecule has 0 heterocycles. The number of carbonyl (C=O) groups excluding carboxylic acids is 2. The molecule has 0 spiro atoms. The second-order valence-corrected chi connectivity index (χ2v) is 4.97. The van der Waals surface area contributed by atoms with Gasteiger partial charge in [-0.1, -0.05) is 74.5 Å². The summed E-state index contributed by atoms with van der Waals surface area (Å²) in [5, 5.41) is 8.14. The van der Waals surface area contributed by atoms with Crippen molar-refractivity contribution in [2.45, 2.75) is 13.8 Å². The Bertz CT molecular complexity index is 510. The maximum atomic E-state index is 11.8. The maximum absolute atomic E-state index is 11.8. The van der Waals surface area contributed by atoms with Gasteiger partial charge in [-0.2, -0.15) is 0 Å². The predicted octanol–water partition coefficient (Wildman–Crippen LogP) is 3.39. The van der Waals surface area contributed by atoms with Crippen LogP contribution in [0.25, 0.3) is 0 Å². The zero-order chi connectivity index (χ0) is 15.7. The first-order valence-corrected chi connectivity index (χ1v) is 6.86. The monoisotopic (exact) mass is 284 g/mol. The molecule has 21 heavy (non-hydrogen) atoms. The van der Waals surface area contributed by atoms with Crippen LogP contribution in [0, 0.1) is 5.92 Å². The molecule has 0 saturated heterocycles. The zero-order valence-electron chi connectivity index (χ0n) is 12.3. The van der Waals surface area contributed by atoms with Crippen LogP contribution in [0.5, 0.6) is 0 Å². The minimum absolute atomic E-state index is 0.306. The van der Waals surface area contributed by atoms with Crippen molar-refractivity contribution in [1.82, 2.24) is 0 Å². The number of rotatable bonds is 4. The highest BCUT2D eigenvalue weighted by molar-refractivity contribution is 6.49. The third kappa shape index (κ3) is 5.71. The van der Waals surface area contributed by atoms with E-state index in [0.29, 0.717) is 23.7 Å². The van der Waals surface area contributed by atoms with Crippen molar-refractivity contribution in [3.8, 4) is 0 Å². The molecule has 0 aromatic heterocycles. The molecule has 1 N–H and O–H groups in total. The molecule has 0 unspecified atom stereocenters. The lowest BCUT2D eigenvalue weighted by Gasteiger charge is -1.99. The Morgan fingerprint density at radius 2 is 1.10 bits per heavy atom. The normalized spacial score (nSPS) is 9.71. The van der Waals surface area contributed by atoms with Gasteiger partial charge in [-0.3, -0.25) is 9.59 Å². The Kier molecular flexibility index (Phi) is 7.05. The summed E-state index contributed by atoms with van der Waals surface area (Å²) in [6, 6.07) is 17.2. The summed E-state index contributed by atoms with van der Waals surface area (Å²) in [6.45, 7) is 4.25. The molecule has 0 amide bonds. The summed E-state index contributed by atoms with van der Waals surface area (Å²) in [5.74, 6) is -0.492. The molecule has 2 rings (SSSR count). The summed E-state index contributed by atoms with van der Waals surface area (Å²) < 4.78 is 0. The summed E-state index contributed by atoms with van der Waals surface area (Å²) in [7, 11) is 0. The number of Topliss-reactive ketones (excluding diaryl/α,β-unsaturated/α-hetero) is 2. The smallest absolute Gasteiger partial charge is 0.233 e. The molecule has 0 aliphatic carbocycles.